The molecule has 4 heteroatoms. The van der Waals surface area contributed by atoms with Gasteiger partial charge in [0.05, 0.1) is 0 Å². The van der Waals surface area contributed by atoms with Gasteiger partial charge in [-0.15, -0.1) is 0 Å². The quantitative estimate of drug-likeness (QED) is 0.537. The minimum absolute atomic E-state index is 0.269. The van der Waals surface area contributed by atoms with Crippen molar-refractivity contribution >= 4 is 0 Å². The van der Waals surface area contributed by atoms with Gasteiger partial charge in [-0.1, -0.05) is 34.8 Å². The highest BCUT2D eigenvalue weighted by Crippen LogP contribution is 2.66. The van der Waals surface area contributed by atoms with E-state index in [1.807, 2.05) is 49.1 Å². The second kappa shape index (κ2) is 8.46. The molecule has 152 valence electrons. The molecule has 4 atom stereocenters. The summed E-state index contributed by atoms with van der Waals surface area (Å²) in [6.45, 7) is 0. The molecule has 2 aromatic heterocycles. The fourth-order valence-corrected chi connectivity index (χ4v) is 5.16. The number of hydrogen-bond acceptors (Lipinski definition) is 2. The summed E-state index contributed by atoms with van der Waals surface area (Å²) in [5.74, 6) is 1.11. The van der Waals surface area contributed by atoms with Gasteiger partial charge in [-0.3, -0.25) is 9.97 Å². The van der Waals surface area contributed by atoms with E-state index in [0.717, 1.165) is 11.1 Å². The third-order valence-electron chi connectivity index (χ3n) is 6.61. The fraction of sp³-hybridized carbons (Fsp3) is 0.143. The Morgan fingerprint density at radius 2 is 0.719 bits per heavy atom. The second-order valence-corrected chi connectivity index (χ2v) is 8.16. The van der Waals surface area contributed by atoms with Crippen molar-refractivity contribution in [3.8, 4) is 12.1 Å². The van der Waals surface area contributed by atoms with Crippen molar-refractivity contribution in [2.24, 2.45) is 0 Å². The number of pyridine rings is 2. The molecule has 5 rings (SSSR count). The van der Waals surface area contributed by atoms with Crippen LogP contribution in [-0.4, -0.2) is 9.97 Å². The van der Waals surface area contributed by atoms with Crippen molar-refractivity contribution in [1.29, 1.82) is 0 Å². The molecule has 1 aliphatic rings. The molecule has 0 aliphatic heterocycles. The van der Waals surface area contributed by atoms with E-state index in [2.05, 4.69) is 70.6 Å². The highest BCUT2D eigenvalue weighted by molar-refractivity contribution is 5.49. The van der Waals surface area contributed by atoms with Crippen molar-refractivity contribution in [1.82, 2.24) is 9.97 Å². The molecule has 1 fully saturated rings. The Kier molecular flexibility index (Phi) is 5.20. The van der Waals surface area contributed by atoms with Gasteiger partial charge in [0.1, 0.15) is 11.1 Å². The Bertz CT molecular complexity index is 1180. The highest BCUT2D eigenvalue weighted by Gasteiger charge is 2.52. The lowest BCUT2D eigenvalue weighted by atomic mass is 9.49. The van der Waals surface area contributed by atoms with Gasteiger partial charge in [0.2, 0.25) is 0 Å². The molecule has 2 aromatic carbocycles. The monoisotopic (exact) mass is 414 g/mol. The minimum atomic E-state index is 0.269. The molecular formula is C28H22N4+2. The molecule has 2 heterocycles. The second-order valence-electron chi connectivity index (χ2n) is 8.16. The summed E-state index contributed by atoms with van der Waals surface area (Å²) < 4.78 is 0. The molecule has 32 heavy (non-hydrogen) atoms. The van der Waals surface area contributed by atoms with Gasteiger partial charge in [0, 0.05) is 24.8 Å². The number of hydrogen-bond donors (Lipinski definition) is 2. The van der Waals surface area contributed by atoms with Gasteiger partial charge in [0.15, 0.2) is 0 Å². The molecule has 2 N–H and O–H groups in total. The summed E-state index contributed by atoms with van der Waals surface area (Å²) >= 11 is 0. The third kappa shape index (κ3) is 3.43. The normalized spacial score (nSPS) is 21.7. The number of nitrogens with zero attached hydrogens (tertiary/aromatic N) is 2. The maximum Gasteiger partial charge on any atom is 0.308 e. The Labute approximate surface area is 187 Å². The van der Waals surface area contributed by atoms with Crippen molar-refractivity contribution in [2.75, 3.05) is 0 Å². The van der Waals surface area contributed by atoms with Gasteiger partial charge in [-0.05, 0) is 94.5 Å². The Morgan fingerprint density at radius 1 is 0.438 bits per heavy atom. The molecule has 0 unspecified atom stereocenters. The molecule has 0 amide bonds. The average molecular weight is 415 g/mol. The van der Waals surface area contributed by atoms with Gasteiger partial charge in [-0.25, -0.2) is 0 Å². The number of aromatic nitrogens is 2. The molecule has 1 aliphatic carbocycles. The molecular weight excluding hydrogens is 392 g/mol. The first-order chi connectivity index (χ1) is 15.8. The predicted octanol–water partition coefficient (Wildman–Crippen LogP) is 2.17. The summed E-state index contributed by atoms with van der Waals surface area (Å²) in [7, 11) is 0. The van der Waals surface area contributed by atoms with Crippen molar-refractivity contribution in [2.45, 2.75) is 23.7 Å². The van der Waals surface area contributed by atoms with E-state index in [-0.39, 0.29) is 23.7 Å². The van der Waals surface area contributed by atoms with Crippen LogP contribution in [-0.2, 0) is 0 Å². The Balaban J connectivity index is 1.66. The van der Waals surface area contributed by atoms with Crippen molar-refractivity contribution in [3.63, 3.8) is 0 Å². The van der Waals surface area contributed by atoms with E-state index < -0.39 is 0 Å². The van der Waals surface area contributed by atoms with Crippen LogP contribution in [0, 0.1) is 12.1 Å². The van der Waals surface area contributed by atoms with Crippen LogP contribution < -0.4 is 10.5 Å². The summed E-state index contributed by atoms with van der Waals surface area (Å²) in [4.78, 5) is 8.47. The van der Waals surface area contributed by atoms with Crippen LogP contribution >= 0.6 is 0 Å². The zero-order valence-electron chi connectivity index (χ0n) is 17.4. The topological polar surface area (TPSA) is 73.4 Å². The van der Waals surface area contributed by atoms with Crippen LogP contribution in [0.25, 0.3) is 0 Å². The van der Waals surface area contributed by atoms with E-state index in [1.54, 1.807) is 0 Å². The third-order valence-corrected chi connectivity index (χ3v) is 6.61. The van der Waals surface area contributed by atoms with Gasteiger partial charge in [0.25, 0.3) is 0 Å². The van der Waals surface area contributed by atoms with Gasteiger partial charge < -0.3 is 0 Å². The lowest BCUT2D eigenvalue weighted by Gasteiger charge is -2.53. The molecule has 0 saturated heterocycles. The number of benzene rings is 2. The van der Waals surface area contributed by atoms with Crippen LogP contribution in [0.2, 0.25) is 0 Å². The van der Waals surface area contributed by atoms with E-state index in [0.29, 0.717) is 0 Å². The Hall–Kier alpha value is -4.28. The predicted molar refractivity (Wildman–Crippen MR) is 120 cm³/mol. The van der Waals surface area contributed by atoms with Gasteiger partial charge in [-0.2, -0.15) is 0 Å². The highest BCUT2D eigenvalue weighted by atomic mass is 14.6. The largest absolute Gasteiger partial charge is 0.308 e. The van der Waals surface area contributed by atoms with Crippen molar-refractivity contribution in [3.05, 3.63) is 131 Å². The zero-order chi connectivity index (χ0) is 21.9. The van der Waals surface area contributed by atoms with Crippen LogP contribution in [0.4, 0.5) is 0 Å². The van der Waals surface area contributed by atoms with Gasteiger partial charge >= 0.3 is 12.1 Å². The molecule has 4 aromatic rings. The Morgan fingerprint density at radius 3 is 1.00 bits per heavy atom. The number of nitrogens with one attached hydrogen (secondary N) is 2. The number of rotatable bonds is 4. The molecule has 4 nitrogen and oxygen atoms in total. The van der Waals surface area contributed by atoms with E-state index in [9.17, 15) is 0 Å². The minimum Gasteiger partial charge on any atom is -0.265 e. The molecule has 1 saturated carbocycles. The summed E-state index contributed by atoms with van der Waals surface area (Å²) in [6, 6.07) is 29.8. The lowest BCUT2D eigenvalue weighted by Crippen LogP contribution is -2.40. The lowest BCUT2D eigenvalue weighted by molar-refractivity contribution is -0.0916. The van der Waals surface area contributed by atoms with E-state index >= 15 is 0 Å². The summed E-state index contributed by atoms with van der Waals surface area (Å²) in [5, 5.41) is 14.9. The first-order valence-electron chi connectivity index (χ1n) is 10.7. The maximum absolute atomic E-state index is 7.43. The van der Waals surface area contributed by atoms with E-state index in [4.69, 9.17) is 10.5 Å². The fourth-order valence-electron chi connectivity index (χ4n) is 5.16. The molecule has 0 radical (unpaired) electrons. The SMILES string of the molecule is [NH+]#Cc1ccc([C@@H]2[C@@H](c3ccncc3)[C@@H](c3ccncc3)[C@@H]2c2ccc(C#[NH+])cc2)cc1. The summed E-state index contributed by atoms with van der Waals surface area (Å²) in [6.07, 6.45) is 7.46. The average Bonchev–Trinajstić information content (AvgIpc) is 2.86. The molecule has 0 bridgehead atoms. The summed E-state index contributed by atoms with van der Waals surface area (Å²) in [5.41, 5.74) is 6.61. The van der Waals surface area contributed by atoms with Crippen molar-refractivity contribution < 1.29 is 10.5 Å². The first-order valence-corrected chi connectivity index (χ1v) is 10.7. The zero-order valence-corrected chi connectivity index (χ0v) is 17.4. The van der Waals surface area contributed by atoms with E-state index in [1.165, 1.54) is 22.3 Å². The van der Waals surface area contributed by atoms with Crippen LogP contribution in [0.3, 0.4) is 0 Å². The van der Waals surface area contributed by atoms with Crippen LogP contribution in [0.15, 0.2) is 97.6 Å². The molecule has 0 spiro atoms. The van der Waals surface area contributed by atoms with Crippen LogP contribution in [0.5, 0.6) is 0 Å². The smallest absolute Gasteiger partial charge is 0.265 e. The standard InChI is InChI=1S/C28H20N4/c29-17-19-1-5-21(6-2-19)25-26(22-7-3-20(18-30)4-8-22)28(24-11-15-32-16-12-24)27(25)23-9-13-31-14-10-23/h1-16,25-28H/p+2/t25-,26+,27+,28-. The first kappa shape index (κ1) is 19.7. The van der Waals surface area contributed by atoms with Crippen LogP contribution in [0.1, 0.15) is 57.1 Å². The maximum atomic E-state index is 7.43.